The van der Waals surface area contributed by atoms with Crippen molar-refractivity contribution in [2.75, 3.05) is 7.11 Å². The van der Waals surface area contributed by atoms with E-state index in [0.29, 0.717) is 17.2 Å². The van der Waals surface area contributed by atoms with Crippen LogP contribution >= 0.6 is 0 Å². The third-order valence-electron chi connectivity index (χ3n) is 1.95. The van der Waals surface area contributed by atoms with Crippen LogP contribution in [0, 0.1) is 6.92 Å². The highest BCUT2D eigenvalue weighted by atomic mass is 32.2. The minimum absolute atomic E-state index is 0.508. The zero-order valence-corrected chi connectivity index (χ0v) is 10.0. The predicted molar refractivity (Wildman–Crippen MR) is 62.3 cm³/mol. The van der Waals surface area contributed by atoms with Gasteiger partial charge in [0.1, 0.15) is 0 Å². The quantitative estimate of drug-likeness (QED) is 0.585. The molecule has 0 spiro atoms. The Labute approximate surface area is 92.8 Å². The van der Waals surface area contributed by atoms with Gasteiger partial charge in [0.15, 0.2) is 16.9 Å². The van der Waals surface area contributed by atoms with E-state index in [-0.39, 0.29) is 0 Å². The number of nitrogens with zero attached hydrogens (tertiary/aromatic N) is 1. The van der Waals surface area contributed by atoms with E-state index in [1.165, 1.54) is 7.11 Å². The summed E-state index contributed by atoms with van der Waals surface area (Å²) in [5.41, 5.74) is 1.14. The maximum Gasteiger partial charge on any atom is 0.197 e. The van der Waals surface area contributed by atoms with Gasteiger partial charge in [0.2, 0.25) is 0 Å². The number of ether oxygens (including phenoxy) is 1. The van der Waals surface area contributed by atoms with E-state index >= 15 is 0 Å². The van der Waals surface area contributed by atoms with Crippen LogP contribution in [0.15, 0.2) is 33.6 Å². The molecule has 0 fully saturated rings. The Bertz CT molecular complexity index is 365. The summed E-state index contributed by atoms with van der Waals surface area (Å²) in [5, 5.41) is 0. The second kappa shape index (κ2) is 5.66. The molecule has 0 N–H and O–H groups in total. The minimum Gasteiger partial charge on any atom is -0.484 e. The third-order valence-corrected chi connectivity index (χ3v) is 2.99. The van der Waals surface area contributed by atoms with Gasteiger partial charge < -0.3 is 4.74 Å². The molecule has 0 aromatic heterocycles. The van der Waals surface area contributed by atoms with Gasteiger partial charge in [-0.2, -0.15) is 4.40 Å². The van der Waals surface area contributed by atoms with E-state index in [0.717, 1.165) is 5.56 Å². The summed E-state index contributed by atoms with van der Waals surface area (Å²) >= 11 is 0. The normalized spacial score (nSPS) is 13.7. The SMILES string of the molecule is CC/C(=N/[S@@](=O)c1ccc(C)cc1)OC. The molecule has 0 radical (unpaired) electrons. The fourth-order valence-corrected chi connectivity index (χ4v) is 1.91. The lowest BCUT2D eigenvalue weighted by Crippen LogP contribution is -2.01. The van der Waals surface area contributed by atoms with Crippen LogP contribution in [0.5, 0.6) is 0 Å². The molecule has 0 unspecified atom stereocenters. The van der Waals surface area contributed by atoms with Crippen molar-refractivity contribution in [2.45, 2.75) is 25.2 Å². The molecule has 0 amide bonds. The summed E-state index contributed by atoms with van der Waals surface area (Å²) in [5.74, 6) is 0.508. The van der Waals surface area contributed by atoms with Crippen LogP contribution in [0.2, 0.25) is 0 Å². The van der Waals surface area contributed by atoms with Crippen molar-refractivity contribution in [1.82, 2.24) is 0 Å². The highest BCUT2D eigenvalue weighted by Crippen LogP contribution is 2.09. The van der Waals surface area contributed by atoms with Gasteiger partial charge in [-0.15, -0.1) is 0 Å². The number of methoxy groups -OCH3 is 1. The number of aryl methyl sites for hydroxylation is 1. The second-order valence-electron chi connectivity index (χ2n) is 3.10. The van der Waals surface area contributed by atoms with E-state index < -0.39 is 11.0 Å². The zero-order valence-electron chi connectivity index (χ0n) is 9.19. The first-order valence-electron chi connectivity index (χ1n) is 4.77. The maximum absolute atomic E-state index is 11.7. The first kappa shape index (κ1) is 11.9. The number of hydrogen-bond donors (Lipinski definition) is 0. The van der Waals surface area contributed by atoms with Gasteiger partial charge in [-0.3, -0.25) is 0 Å². The molecule has 82 valence electrons. The van der Waals surface area contributed by atoms with Crippen molar-refractivity contribution in [1.29, 1.82) is 0 Å². The van der Waals surface area contributed by atoms with Crippen LogP contribution in [-0.2, 0) is 15.7 Å². The van der Waals surface area contributed by atoms with Crippen LogP contribution in [0.4, 0.5) is 0 Å². The fraction of sp³-hybridized carbons (Fsp3) is 0.364. The van der Waals surface area contributed by atoms with Crippen LogP contribution in [0.25, 0.3) is 0 Å². The molecular formula is C11H15NO2S. The van der Waals surface area contributed by atoms with E-state index in [1.54, 1.807) is 0 Å². The maximum atomic E-state index is 11.7. The van der Waals surface area contributed by atoms with Gasteiger partial charge in [0.05, 0.1) is 12.0 Å². The summed E-state index contributed by atoms with van der Waals surface area (Å²) in [4.78, 5) is 0.698. The van der Waals surface area contributed by atoms with Crippen LogP contribution in [0.3, 0.4) is 0 Å². The van der Waals surface area contributed by atoms with Crippen LogP contribution < -0.4 is 0 Å². The van der Waals surface area contributed by atoms with Crippen molar-refractivity contribution < 1.29 is 8.95 Å². The molecule has 1 atom stereocenters. The average molecular weight is 225 g/mol. The Kier molecular flexibility index (Phi) is 4.49. The molecule has 0 aliphatic heterocycles. The Morgan fingerprint density at radius 2 is 2.00 bits per heavy atom. The van der Waals surface area contributed by atoms with Crippen LogP contribution in [0.1, 0.15) is 18.9 Å². The zero-order chi connectivity index (χ0) is 11.3. The number of rotatable bonds is 3. The first-order valence-corrected chi connectivity index (χ1v) is 5.88. The number of benzene rings is 1. The van der Waals surface area contributed by atoms with Gasteiger partial charge in [-0.1, -0.05) is 24.6 Å². The minimum atomic E-state index is -1.36. The van der Waals surface area contributed by atoms with Gasteiger partial charge in [-0.25, -0.2) is 4.21 Å². The highest BCUT2D eigenvalue weighted by molar-refractivity contribution is 7.83. The summed E-state index contributed by atoms with van der Waals surface area (Å²) in [7, 11) is 0.178. The van der Waals surface area contributed by atoms with E-state index in [9.17, 15) is 4.21 Å². The lowest BCUT2D eigenvalue weighted by molar-refractivity contribution is 0.394. The van der Waals surface area contributed by atoms with Crippen molar-refractivity contribution in [3.05, 3.63) is 29.8 Å². The standard InChI is InChI=1S/C11H15NO2S/c1-4-11(14-3)12-15(13)10-7-5-9(2)6-8-10/h5-8H,4H2,1-3H3/b12-11-/t15-/m0/s1. The molecule has 0 heterocycles. The summed E-state index contributed by atoms with van der Waals surface area (Å²) in [6.45, 7) is 3.90. The van der Waals surface area contributed by atoms with Crippen molar-refractivity contribution >= 4 is 16.9 Å². The molecule has 1 rings (SSSR count). The topological polar surface area (TPSA) is 38.7 Å². The van der Waals surface area contributed by atoms with Gasteiger partial charge in [0, 0.05) is 6.42 Å². The Morgan fingerprint density at radius 1 is 1.40 bits per heavy atom. The Hall–Kier alpha value is -1.16. The molecule has 0 saturated heterocycles. The Morgan fingerprint density at radius 3 is 2.47 bits per heavy atom. The fourth-order valence-electron chi connectivity index (χ4n) is 1.05. The molecule has 0 saturated carbocycles. The molecule has 15 heavy (non-hydrogen) atoms. The van der Waals surface area contributed by atoms with Gasteiger partial charge in [-0.05, 0) is 19.1 Å². The summed E-state index contributed by atoms with van der Waals surface area (Å²) in [6, 6.07) is 7.47. The predicted octanol–water partition coefficient (Wildman–Crippen LogP) is 2.47. The number of hydrogen-bond acceptors (Lipinski definition) is 2. The highest BCUT2D eigenvalue weighted by Gasteiger charge is 2.03. The second-order valence-corrected chi connectivity index (χ2v) is 4.26. The Balaban J connectivity index is 2.85. The molecule has 0 aliphatic rings. The first-order chi connectivity index (χ1) is 7.17. The van der Waals surface area contributed by atoms with Crippen molar-refractivity contribution in [3.8, 4) is 0 Å². The molecule has 1 aromatic rings. The van der Waals surface area contributed by atoms with E-state index in [4.69, 9.17) is 4.74 Å². The van der Waals surface area contributed by atoms with Crippen LogP contribution in [-0.4, -0.2) is 17.2 Å². The molecule has 3 nitrogen and oxygen atoms in total. The average Bonchev–Trinajstić information content (AvgIpc) is 2.26. The molecule has 4 heteroatoms. The largest absolute Gasteiger partial charge is 0.484 e. The molecule has 0 bridgehead atoms. The molecule has 1 aromatic carbocycles. The van der Waals surface area contributed by atoms with E-state index in [1.807, 2.05) is 38.1 Å². The smallest absolute Gasteiger partial charge is 0.197 e. The third kappa shape index (κ3) is 3.47. The molecular weight excluding hydrogens is 210 g/mol. The lowest BCUT2D eigenvalue weighted by Gasteiger charge is -2.01. The summed E-state index contributed by atoms with van der Waals surface area (Å²) < 4.78 is 20.7. The van der Waals surface area contributed by atoms with Gasteiger partial charge in [0.25, 0.3) is 0 Å². The molecule has 0 aliphatic carbocycles. The summed E-state index contributed by atoms with van der Waals surface area (Å²) in [6.07, 6.45) is 0.647. The van der Waals surface area contributed by atoms with Gasteiger partial charge >= 0.3 is 0 Å². The van der Waals surface area contributed by atoms with E-state index in [2.05, 4.69) is 4.40 Å². The van der Waals surface area contributed by atoms with Crippen molar-refractivity contribution in [2.24, 2.45) is 4.40 Å². The lowest BCUT2D eigenvalue weighted by atomic mass is 10.2. The monoisotopic (exact) mass is 225 g/mol. The van der Waals surface area contributed by atoms with Crippen molar-refractivity contribution in [3.63, 3.8) is 0 Å².